The monoisotopic (exact) mass is 172 g/mol. The number of carbonyl (C=O) groups excluding carboxylic acids is 1. The summed E-state index contributed by atoms with van der Waals surface area (Å²) < 4.78 is 0. The molecule has 0 amide bonds. The van der Waals surface area contributed by atoms with Gasteiger partial charge in [0.05, 0.1) is 6.10 Å². The summed E-state index contributed by atoms with van der Waals surface area (Å²) >= 11 is 0. The van der Waals surface area contributed by atoms with Crippen LogP contribution in [0.1, 0.15) is 46.5 Å². The van der Waals surface area contributed by atoms with E-state index in [-0.39, 0.29) is 11.7 Å². The van der Waals surface area contributed by atoms with E-state index in [1.807, 2.05) is 20.8 Å². The first-order valence-electron chi connectivity index (χ1n) is 4.84. The van der Waals surface area contributed by atoms with Gasteiger partial charge in [0.25, 0.3) is 0 Å². The summed E-state index contributed by atoms with van der Waals surface area (Å²) in [5.41, 5.74) is 0. The lowest BCUT2D eigenvalue weighted by Crippen LogP contribution is -2.25. The summed E-state index contributed by atoms with van der Waals surface area (Å²) in [4.78, 5) is 11.3. The molecule has 0 fully saturated rings. The van der Waals surface area contributed by atoms with E-state index in [4.69, 9.17) is 0 Å². The zero-order valence-electron chi connectivity index (χ0n) is 8.34. The molecule has 0 saturated heterocycles. The van der Waals surface area contributed by atoms with Crippen LogP contribution in [0, 0.1) is 5.92 Å². The molecule has 2 nitrogen and oxygen atoms in total. The highest BCUT2D eigenvalue weighted by Gasteiger charge is 2.19. The molecule has 0 unspecified atom stereocenters. The Hall–Kier alpha value is -0.370. The van der Waals surface area contributed by atoms with E-state index in [9.17, 15) is 9.90 Å². The zero-order valence-corrected chi connectivity index (χ0v) is 8.34. The van der Waals surface area contributed by atoms with Crippen molar-refractivity contribution >= 4 is 5.78 Å². The Morgan fingerprint density at radius 3 is 2.33 bits per heavy atom. The smallest absolute Gasteiger partial charge is 0.138 e. The largest absolute Gasteiger partial charge is 0.392 e. The molecule has 0 radical (unpaired) electrons. The van der Waals surface area contributed by atoms with Crippen LogP contribution >= 0.6 is 0 Å². The minimum Gasteiger partial charge on any atom is -0.392 e. The van der Waals surface area contributed by atoms with Gasteiger partial charge in [-0.15, -0.1) is 0 Å². The SMILES string of the molecule is CCCC(=O)[C@@H](C)[C@@H](O)CCC. The van der Waals surface area contributed by atoms with E-state index < -0.39 is 6.10 Å². The normalized spacial score (nSPS) is 15.7. The molecule has 0 spiro atoms. The van der Waals surface area contributed by atoms with Crippen molar-refractivity contribution in [2.45, 2.75) is 52.6 Å². The zero-order chi connectivity index (χ0) is 9.56. The molecule has 0 aliphatic carbocycles. The average molecular weight is 172 g/mol. The molecule has 0 rings (SSSR count). The van der Waals surface area contributed by atoms with Crippen LogP contribution < -0.4 is 0 Å². The lowest BCUT2D eigenvalue weighted by Gasteiger charge is -2.16. The number of carbonyl (C=O) groups is 1. The first-order valence-corrected chi connectivity index (χ1v) is 4.84. The fraction of sp³-hybridized carbons (Fsp3) is 0.900. The highest BCUT2D eigenvalue weighted by molar-refractivity contribution is 5.81. The van der Waals surface area contributed by atoms with Crippen LogP contribution in [0.4, 0.5) is 0 Å². The Kier molecular flexibility index (Phi) is 5.99. The second-order valence-electron chi connectivity index (χ2n) is 3.36. The number of ketones is 1. The predicted molar refractivity (Wildman–Crippen MR) is 50.0 cm³/mol. The maximum atomic E-state index is 11.3. The Morgan fingerprint density at radius 1 is 1.33 bits per heavy atom. The molecule has 72 valence electrons. The van der Waals surface area contributed by atoms with E-state index in [0.29, 0.717) is 6.42 Å². The molecule has 12 heavy (non-hydrogen) atoms. The number of aliphatic hydroxyl groups is 1. The van der Waals surface area contributed by atoms with Gasteiger partial charge in [-0.25, -0.2) is 0 Å². The van der Waals surface area contributed by atoms with Gasteiger partial charge >= 0.3 is 0 Å². The fourth-order valence-electron chi connectivity index (χ4n) is 1.23. The molecule has 0 aliphatic heterocycles. The van der Waals surface area contributed by atoms with Crippen molar-refractivity contribution in [2.24, 2.45) is 5.92 Å². The molecule has 1 N–H and O–H groups in total. The van der Waals surface area contributed by atoms with Crippen LogP contribution in [0.2, 0.25) is 0 Å². The van der Waals surface area contributed by atoms with E-state index in [1.54, 1.807) is 0 Å². The minimum absolute atomic E-state index is 0.176. The summed E-state index contributed by atoms with van der Waals surface area (Å²) in [6, 6.07) is 0. The second-order valence-corrected chi connectivity index (χ2v) is 3.36. The highest BCUT2D eigenvalue weighted by Crippen LogP contribution is 2.12. The lowest BCUT2D eigenvalue weighted by atomic mass is 9.94. The first-order chi connectivity index (χ1) is 5.63. The Labute approximate surface area is 75.0 Å². The van der Waals surface area contributed by atoms with Crippen LogP contribution in [0.25, 0.3) is 0 Å². The van der Waals surface area contributed by atoms with E-state index in [2.05, 4.69) is 0 Å². The van der Waals surface area contributed by atoms with Crippen molar-refractivity contribution < 1.29 is 9.90 Å². The number of Topliss-reactive ketones (excluding diaryl/α,β-unsaturated/α-hetero) is 1. The van der Waals surface area contributed by atoms with Crippen LogP contribution in [0.5, 0.6) is 0 Å². The Morgan fingerprint density at radius 2 is 1.92 bits per heavy atom. The van der Waals surface area contributed by atoms with Crippen molar-refractivity contribution in [3.8, 4) is 0 Å². The van der Waals surface area contributed by atoms with Crippen LogP contribution in [0.3, 0.4) is 0 Å². The van der Waals surface area contributed by atoms with Gasteiger partial charge in [0.1, 0.15) is 5.78 Å². The number of rotatable bonds is 6. The maximum absolute atomic E-state index is 11.3. The molecule has 0 saturated carbocycles. The molecule has 0 aromatic carbocycles. The number of hydrogen-bond acceptors (Lipinski definition) is 2. The molecule has 0 aliphatic rings. The summed E-state index contributed by atoms with van der Waals surface area (Å²) in [5, 5.41) is 9.49. The van der Waals surface area contributed by atoms with Gasteiger partial charge < -0.3 is 5.11 Å². The number of hydrogen-bond donors (Lipinski definition) is 1. The number of aliphatic hydroxyl groups excluding tert-OH is 1. The summed E-state index contributed by atoms with van der Waals surface area (Å²) in [6.45, 7) is 5.81. The van der Waals surface area contributed by atoms with Gasteiger partial charge in [-0.05, 0) is 12.8 Å². The maximum Gasteiger partial charge on any atom is 0.138 e. The van der Waals surface area contributed by atoms with Gasteiger partial charge in [-0.1, -0.05) is 27.2 Å². The Bertz CT molecular complexity index is 132. The standard InChI is InChI=1S/C10H20O2/c1-4-6-9(11)8(3)10(12)7-5-2/h8-9,11H,4-7H2,1-3H3/t8-,9-/m0/s1. The third-order valence-corrected chi connectivity index (χ3v) is 2.17. The minimum atomic E-state index is -0.436. The van der Waals surface area contributed by atoms with E-state index in [0.717, 1.165) is 19.3 Å². The van der Waals surface area contributed by atoms with Crippen molar-refractivity contribution in [2.75, 3.05) is 0 Å². The lowest BCUT2D eigenvalue weighted by molar-refractivity contribution is -0.125. The third kappa shape index (κ3) is 3.86. The topological polar surface area (TPSA) is 37.3 Å². The quantitative estimate of drug-likeness (QED) is 0.666. The van der Waals surface area contributed by atoms with Crippen molar-refractivity contribution in [1.29, 1.82) is 0 Å². The molecular weight excluding hydrogens is 152 g/mol. The predicted octanol–water partition coefficient (Wildman–Crippen LogP) is 2.15. The molecule has 0 aromatic heterocycles. The average Bonchev–Trinajstić information content (AvgIpc) is 2.04. The molecule has 0 heterocycles. The molecular formula is C10H20O2. The molecule has 0 aromatic rings. The highest BCUT2D eigenvalue weighted by atomic mass is 16.3. The summed E-state index contributed by atoms with van der Waals surface area (Å²) in [5.74, 6) is 0.0170. The summed E-state index contributed by atoms with van der Waals surface area (Å²) in [6.07, 6.45) is 2.71. The first kappa shape index (κ1) is 11.6. The Balaban J connectivity index is 3.82. The molecule has 0 bridgehead atoms. The van der Waals surface area contributed by atoms with Crippen molar-refractivity contribution in [3.05, 3.63) is 0 Å². The van der Waals surface area contributed by atoms with Crippen LogP contribution in [-0.2, 0) is 4.79 Å². The van der Waals surface area contributed by atoms with Crippen molar-refractivity contribution in [1.82, 2.24) is 0 Å². The van der Waals surface area contributed by atoms with Gasteiger partial charge in [-0.3, -0.25) is 4.79 Å². The van der Waals surface area contributed by atoms with Gasteiger partial charge in [0.2, 0.25) is 0 Å². The molecule has 2 atom stereocenters. The van der Waals surface area contributed by atoms with Gasteiger partial charge in [0.15, 0.2) is 0 Å². The second kappa shape index (κ2) is 6.18. The van der Waals surface area contributed by atoms with E-state index >= 15 is 0 Å². The van der Waals surface area contributed by atoms with Crippen LogP contribution in [-0.4, -0.2) is 17.0 Å². The van der Waals surface area contributed by atoms with Crippen molar-refractivity contribution in [3.63, 3.8) is 0 Å². The summed E-state index contributed by atoms with van der Waals surface area (Å²) in [7, 11) is 0. The van der Waals surface area contributed by atoms with Crippen LogP contribution in [0.15, 0.2) is 0 Å². The molecule has 2 heteroatoms. The van der Waals surface area contributed by atoms with Gasteiger partial charge in [-0.2, -0.15) is 0 Å². The third-order valence-electron chi connectivity index (χ3n) is 2.17. The van der Waals surface area contributed by atoms with Gasteiger partial charge in [0, 0.05) is 12.3 Å². The fourth-order valence-corrected chi connectivity index (χ4v) is 1.23. The van der Waals surface area contributed by atoms with E-state index in [1.165, 1.54) is 0 Å².